The number of methoxy groups -OCH3 is 2. The Morgan fingerprint density at radius 3 is 2.50 bits per heavy atom. The van der Waals surface area contributed by atoms with Gasteiger partial charge in [0.2, 0.25) is 0 Å². The quantitative estimate of drug-likeness (QED) is 0.766. The van der Waals surface area contributed by atoms with Crippen molar-refractivity contribution >= 4 is 5.91 Å². The number of hydrogen-bond acceptors (Lipinski definition) is 5. The molecule has 1 aliphatic rings. The third-order valence-electron chi connectivity index (χ3n) is 5.34. The summed E-state index contributed by atoms with van der Waals surface area (Å²) < 4.78 is 16.2. The molecule has 0 radical (unpaired) electrons. The molecular weight excluding hydrogens is 358 g/mol. The fourth-order valence-electron chi connectivity index (χ4n) is 3.47. The van der Waals surface area contributed by atoms with Crippen LogP contribution in [0.2, 0.25) is 0 Å². The van der Waals surface area contributed by atoms with E-state index < -0.39 is 5.60 Å². The first-order valence-electron chi connectivity index (χ1n) is 9.31. The second kappa shape index (κ2) is 8.10. The molecule has 1 unspecified atom stereocenters. The lowest BCUT2D eigenvalue weighted by atomic mass is 9.95. The van der Waals surface area contributed by atoms with E-state index in [-0.39, 0.29) is 19.1 Å². The predicted molar refractivity (Wildman–Crippen MR) is 106 cm³/mol. The highest BCUT2D eigenvalue weighted by Crippen LogP contribution is 2.42. The molecule has 0 aliphatic heterocycles. The monoisotopic (exact) mass is 385 g/mol. The largest absolute Gasteiger partial charge is 0.493 e. The predicted octanol–water partition coefficient (Wildman–Crippen LogP) is 2.65. The van der Waals surface area contributed by atoms with E-state index in [1.54, 1.807) is 20.3 Å². The molecule has 0 heterocycles. The number of benzene rings is 2. The van der Waals surface area contributed by atoms with Crippen LogP contribution < -0.4 is 19.5 Å². The lowest BCUT2D eigenvalue weighted by molar-refractivity contribution is -0.124. The summed E-state index contributed by atoms with van der Waals surface area (Å²) >= 11 is 0. The lowest BCUT2D eigenvalue weighted by Gasteiger charge is -2.25. The molecule has 28 heavy (non-hydrogen) atoms. The van der Waals surface area contributed by atoms with Gasteiger partial charge in [0.05, 0.1) is 20.8 Å². The average molecular weight is 385 g/mol. The maximum Gasteiger partial charge on any atom is 0.258 e. The average Bonchev–Trinajstić information content (AvgIpc) is 3.02. The van der Waals surface area contributed by atoms with Crippen LogP contribution in [0.4, 0.5) is 0 Å². The first-order valence-corrected chi connectivity index (χ1v) is 9.31. The molecule has 0 saturated carbocycles. The van der Waals surface area contributed by atoms with Gasteiger partial charge in [-0.05, 0) is 73.2 Å². The minimum absolute atomic E-state index is 0.0998. The lowest BCUT2D eigenvalue weighted by Crippen LogP contribution is -2.41. The third kappa shape index (κ3) is 4.07. The highest BCUT2D eigenvalue weighted by molar-refractivity contribution is 5.77. The molecule has 1 aliphatic carbocycles. The number of nitrogens with one attached hydrogen (secondary N) is 1. The standard InChI is InChI=1S/C22H27NO5/c1-14-5-6-17(9-15(14)2)28-12-21(24)23-13-22(25)8-7-16-10-19(26-3)20(27-4)11-18(16)22/h5-6,9-11,25H,7-8,12-13H2,1-4H3,(H,23,24). The summed E-state index contributed by atoms with van der Waals surface area (Å²) in [5.41, 5.74) is 2.91. The van der Waals surface area contributed by atoms with Crippen molar-refractivity contribution in [2.45, 2.75) is 32.3 Å². The van der Waals surface area contributed by atoms with Gasteiger partial charge < -0.3 is 24.6 Å². The van der Waals surface area contributed by atoms with E-state index in [1.807, 2.05) is 38.1 Å². The van der Waals surface area contributed by atoms with Crippen LogP contribution >= 0.6 is 0 Å². The molecule has 0 spiro atoms. The second-order valence-corrected chi connectivity index (χ2v) is 7.21. The molecule has 0 saturated heterocycles. The molecule has 3 rings (SSSR count). The van der Waals surface area contributed by atoms with E-state index in [4.69, 9.17) is 14.2 Å². The number of carbonyl (C=O) groups is 1. The van der Waals surface area contributed by atoms with Crippen molar-refractivity contribution in [3.63, 3.8) is 0 Å². The van der Waals surface area contributed by atoms with E-state index in [0.717, 1.165) is 16.7 Å². The van der Waals surface area contributed by atoms with Crippen molar-refractivity contribution in [1.29, 1.82) is 0 Å². The Morgan fingerprint density at radius 2 is 1.82 bits per heavy atom. The summed E-state index contributed by atoms with van der Waals surface area (Å²) in [6.45, 7) is 4.04. The van der Waals surface area contributed by atoms with Gasteiger partial charge in [0.25, 0.3) is 5.91 Å². The maximum atomic E-state index is 12.2. The zero-order valence-electron chi connectivity index (χ0n) is 16.8. The molecule has 2 aromatic rings. The van der Waals surface area contributed by atoms with Gasteiger partial charge in [-0.25, -0.2) is 0 Å². The number of fused-ring (bicyclic) bond motifs is 1. The van der Waals surface area contributed by atoms with Crippen molar-refractivity contribution in [3.8, 4) is 17.2 Å². The molecular formula is C22H27NO5. The van der Waals surface area contributed by atoms with Gasteiger partial charge in [0, 0.05) is 0 Å². The Balaban J connectivity index is 1.62. The summed E-state index contributed by atoms with van der Waals surface area (Å²) in [7, 11) is 3.14. The first-order chi connectivity index (χ1) is 13.4. The summed E-state index contributed by atoms with van der Waals surface area (Å²) in [5.74, 6) is 1.57. The topological polar surface area (TPSA) is 77.0 Å². The molecule has 2 N–H and O–H groups in total. The number of ether oxygens (including phenoxy) is 3. The van der Waals surface area contributed by atoms with Crippen LogP contribution in [0.25, 0.3) is 0 Å². The third-order valence-corrected chi connectivity index (χ3v) is 5.34. The van der Waals surface area contributed by atoms with Crippen molar-refractivity contribution in [3.05, 3.63) is 52.6 Å². The highest BCUT2D eigenvalue weighted by Gasteiger charge is 2.38. The zero-order valence-corrected chi connectivity index (χ0v) is 16.8. The Bertz CT molecular complexity index is 879. The van der Waals surface area contributed by atoms with Crippen LogP contribution in [0.5, 0.6) is 17.2 Å². The van der Waals surface area contributed by atoms with Crippen molar-refractivity contribution in [2.24, 2.45) is 0 Å². The number of carbonyl (C=O) groups excluding carboxylic acids is 1. The minimum atomic E-state index is -1.13. The molecule has 150 valence electrons. The maximum absolute atomic E-state index is 12.2. The molecule has 0 aromatic heterocycles. The van der Waals surface area contributed by atoms with Crippen LogP contribution in [0.3, 0.4) is 0 Å². The van der Waals surface area contributed by atoms with Crippen molar-refractivity contribution in [2.75, 3.05) is 27.4 Å². The molecule has 6 nitrogen and oxygen atoms in total. The van der Waals surface area contributed by atoms with Gasteiger partial charge in [-0.3, -0.25) is 4.79 Å². The van der Waals surface area contributed by atoms with Gasteiger partial charge in [0.15, 0.2) is 18.1 Å². The van der Waals surface area contributed by atoms with Gasteiger partial charge >= 0.3 is 0 Å². The van der Waals surface area contributed by atoms with Crippen LogP contribution in [0.15, 0.2) is 30.3 Å². The summed E-state index contributed by atoms with van der Waals surface area (Å²) in [4.78, 5) is 12.2. The summed E-state index contributed by atoms with van der Waals surface area (Å²) in [5, 5.41) is 13.9. The molecule has 0 fully saturated rings. The fourth-order valence-corrected chi connectivity index (χ4v) is 3.47. The SMILES string of the molecule is COc1cc2c(cc1OC)C(O)(CNC(=O)COc1ccc(C)c(C)c1)CC2. The Labute approximate surface area is 165 Å². The van der Waals surface area contributed by atoms with Gasteiger partial charge in [-0.2, -0.15) is 0 Å². The van der Waals surface area contributed by atoms with E-state index in [1.165, 1.54) is 5.56 Å². The van der Waals surface area contributed by atoms with Gasteiger partial charge in [-0.1, -0.05) is 6.07 Å². The van der Waals surface area contributed by atoms with Crippen molar-refractivity contribution in [1.82, 2.24) is 5.32 Å². The molecule has 2 aromatic carbocycles. The van der Waals surface area contributed by atoms with Gasteiger partial charge in [0.1, 0.15) is 11.4 Å². The van der Waals surface area contributed by atoms with Gasteiger partial charge in [-0.15, -0.1) is 0 Å². The Hall–Kier alpha value is -2.73. The van der Waals surface area contributed by atoms with Crippen LogP contribution in [0.1, 0.15) is 28.7 Å². The fraction of sp³-hybridized carbons (Fsp3) is 0.409. The van der Waals surface area contributed by atoms with E-state index in [0.29, 0.717) is 30.1 Å². The Kier molecular flexibility index (Phi) is 5.79. The molecule has 1 atom stereocenters. The number of hydrogen-bond donors (Lipinski definition) is 2. The van der Waals surface area contributed by atoms with E-state index >= 15 is 0 Å². The van der Waals surface area contributed by atoms with E-state index in [2.05, 4.69) is 5.32 Å². The molecule has 0 bridgehead atoms. The number of amides is 1. The number of aryl methyl sites for hydroxylation is 3. The molecule has 1 amide bonds. The molecule has 6 heteroatoms. The minimum Gasteiger partial charge on any atom is -0.493 e. The first kappa shape index (κ1) is 20.0. The van der Waals surface area contributed by atoms with E-state index in [9.17, 15) is 9.90 Å². The number of rotatable bonds is 7. The highest BCUT2D eigenvalue weighted by atomic mass is 16.5. The van der Waals surface area contributed by atoms with Crippen LogP contribution in [-0.4, -0.2) is 38.4 Å². The smallest absolute Gasteiger partial charge is 0.258 e. The normalized spacial score (nSPS) is 17.8. The van der Waals surface area contributed by atoms with Crippen LogP contribution in [-0.2, 0) is 16.8 Å². The number of aliphatic hydroxyl groups is 1. The zero-order chi connectivity index (χ0) is 20.3. The van der Waals surface area contributed by atoms with Crippen LogP contribution in [0, 0.1) is 13.8 Å². The summed E-state index contributed by atoms with van der Waals surface area (Å²) in [6, 6.07) is 9.39. The second-order valence-electron chi connectivity index (χ2n) is 7.21. The Morgan fingerprint density at radius 1 is 1.11 bits per heavy atom. The van der Waals surface area contributed by atoms with Crippen molar-refractivity contribution < 1.29 is 24.1 Å². The summed E-state index contributed by atoms with van der Waals surface area (Å²) in [6.07, 6.45) is 1.23.